The zero-order valence-corrected chi connectivity index (χ0v) is 11.3. The van der Waals surface area contributed by atoms with Crippen LogP contribution in [-0.4, -0.2) is 0 Å². The van der Waals surface area contributed by atoms with Crippen molar-refractivity contribution in [1.82, 2.24) is 0 Å². The second-order valence-corrected chi connectivity index (χ2v) is 5.07. The van der Waals surface area contributed by atoms with Crippen molar-refractivity contribution in [3.05, 3.63) is 35.4 Å². The van der Waals surface area contributed by atoms with E-state index in [-0.39, 0.29) is 0 Å². The summed E-state index contributed by atoms with van der Waals surface area (Å²) in [6, 6.07) is 8.99. The summed E-state index contributed by atoms with van der Waals surface area (Å²) >= 11 is 0. The zero-order chi connectivity index (χ0) is 12.0. The Bertz CT molecular complexity index is 306. The van der Waals surface area contributed by atoms with E-state index in [0.29, 0.717) is 5.41 Å². The Balaban J connectivity index is 3.09. The first-order valence-corrected chi connectivity index (χ1v) is 6.76. The highest BCUT2D eigenvalue weighted by atomic mass is 14.3. The van der Waals surface area contributed by atoms with Gasteiger partial charge in [-0.2, -0.15) is 0 Å². The molecule has 0 atom stereocenters. The Morgan fingerprint density at radius 1 is 0.938 bits per heavy atom. The van der Waals surface area contributed by atoms with Crippen molar-refractivity contribution in [2.75, 3.05) is 0 Å². The maximum atomic E-state index is 2.44. The third kappa shape index (κ3) is 2.87. The maximum absolute atomic E-state index is 2.44. The Hall–Kier alpha value is -0.780. The fourth-order valence-corrected chi connectivity index (χ4v) is 2.92. The van der Waals surface area contributed by atoms with Crippen LogP contribution < -0.4 is 0 Å². The van der Waals surface area contributed by atoms with E-state index in [9.17, 15) is 0 Å². The fraction of sp³-hybridized carbons (Fsp3) is 0.625. The predicted octanol–water partition coefficient (Wildman–Crippen LogP) is 5.11. The highest BCUT2D eigenvalue weighted by molar-refractivity contribution is 5.33. The molecule has 0 aromatic heterocycles. The summed E-state index contributed by atoms with van der Waals surface area (Å²) in [6.07, 6.45) is 6.30. The van der Waals surface area contributed by atoms with Gasteiger partial charge in [-0.25, -0.2) is 0 Å². The van der Waals surface area contributed by atoms with E-state index in [1.807, 2.05) is 0 Å². The summed E-state index contributed by atoms with van der Waals surface area (Å²) in [5, 5.41) is 0. The van der Waals surface area contributed by atoms with E-state index in [1.165, 1.54) is 31.2 Å². The largest absolute Gasteiger partial charge is 0.0654 e. The third-order valence-corrected chi connectivity index (χ3v) is 3.65. The van der Waals surface area contributed by atoms with E-state index in [0.717, 1.165) is 6.42 Å². The molecule has 0 saturated heterocycles. The van der Waals surface area contributed by atoms with Crippen molar-refractivity contribution in [2.24, 2.45) is 0 Å². The van der Waals surface area contributed by atoms with Gasteiger partial charge in [0, 0.05) is 0 Å². The average Bonchev–Trinajstić information content (AvgIpc) is 2.29. The number of hydrogen-bond donors (Lipinski definition) is 0. The monoisotopic (exact) mass is 218 g/mol. The van der Waals surface area contributed by atoms with E-state index >= 15 is 0 Å². The zero-order valence-electron chi connectivity index (χ0n) is 11.3. The standard InChI is InChI=1S/C16H26/c1-5-12-16(4,13-6-2)15-11-9-8-10-14(15)7-3/h8-11H,5-7,12-13H2,1-4H3. The molecule has 16 heavy (non-hydrogen) atoms. The topological polar surface area (TPSA) is 0 Å². The van der Waals surface area contributed by atoms with Gasteiger partial charge in [0.1, 0.15) is 0 Å². The van der Waals surface area contributed by atoms with Crippen LogP contribution in [0.1, 0.15) is 64.5 Å². The van der Waals surface area contributed by atoms with Crippen LogP contribution in [0.4, 0.5) is 0 Å². The van der Waals surface area contributed by atoms with Crippen molar-refractivity contribution < 1.29 is 0 Å². The second-order valence-electron chi connectivity index (χ2n) is 5.07. The second kappa shape index (κ2) is 6.08. The molecule has 1 aromatic carbocycles. The fourth-order valence-electron chi connectivity index (χ4n) is 2.92. The highest BCUT2D eigenvalue weighted by Gasteiger charge is 2.26. The Labute approximate surface area is 101 Å². The molecule has 0 heteroatoms. The SMILES string of the molecule is CCCC(C)(CCC)c1ccccc1CC. The van der Waals surface area contributed by atoms with Crippen LogP contribution in [0.25, 0.3) is 0 Å². The molecule has 0 spiro atoms. The summed E-state index contributed by atoms with van der Waals surface area (Å²) in [5.74, 6) is 0. The Morgan fingerprint density at radius 2 is 1.50 bits per heavy atom. The molecule has 90 valence electrons. The van der Waals surface area contributed by atoms with Crippen molar-refractivity contribution >= 4 is 0 Å². The molecule has 0 radical (unpaired) electrons. The van der Waals surface area contributed by atoms with Gasteiger partial charge < -0.3 is 0 Å². The van der Waals surface area contributed by atoms with Crippen LogP contribution in [0.2, 0.25) is 0 Å². The van der Waals surface area contributed by atoms with Gasteiger partial charge in [-0.05, 0) is 35.8 Å². The molecule has 0 aliphatic rings. The molecule has 0 unspecified atom stereocenters. The summed E-state index contributed by atoms with van der Waals surface area (Å²) in [6.45, 7) is 9.29. The van der Waals surface area contributed by atoms with Crippen molar-refractivity contribution in [2.45, 2.75) is 65.2 Å². The molecule has 0 saturated carbocycles. The summed E-state index contributed by atoms with van der Waals surface area (Å²) < 4.78 is 0. The van der Waals surface area contributed by atoms with Crippen LogP contribution >= 0.6 is 0 Å². The number of aryl methyl sites for hydroxylation is 1. The Morgan fingerprint density at radius 3 is 2.00 bits per heavy atom. The quantitative estimate of drug-likeness (QED) is 0.622. The molecule has 1 aromatic rings. The van der Waals surface area contributed by atoms with Crippen LogP contribution in [0.15, 0.2) is 24.3 Å². The first-order valence-electron chi connectivity index (χ1n) is 6.76. The third-order valence-electron chi connectivity index (χ3n) is 3.65. The first kappa shape index (κ1) is 13.3. The van der Waals surface area contributed by atoms with Crippen molar-refractivity contribution in [3.63, 3.8) is 0 Å². The molecule has 1 rings (SSSR count). The van der Waals surface area contributed by atoms with Gasteiger partial charge in [-0.1, -0.05) is 64.8 Å². The van der Waals surface area contributed by atoms with E-state index in [2.05, 4.69) is 52.0 Å². The van der Waals surface area contributed by atoms with E-state index in [4.69, 9.17) is 0 Å². The van der Waals surface area contributed by atoms with Gasteiger partial charge in [0.25, 0.3) is 0 Å². The first-order chi connectivity index (χ1) is 7.68. The predicted molar refractivity (Wildman–Crippen MR) is 73.0 cm³/mol. The molecular formula is C16H26. The van der Waals surface area contributed by atoms with Crippen LogP contribution in [-0.2, 0) is 11.8 Å². The molecule has 0 N–H and O–H groups in total. The normalized spacial score (nSPS) is 11.8. The van der Waals surface area contributed by atoms with Gasteiger partial charge in [0.2, 0.25) is 0 Å². The summed E-state index contributed by atoms with van der Waals surface area (Å²) in [7, 11) is 0. The minimum atomic E-state index is 0.385. The van der Waals surface area contributed by atoms with Crippen LogP contribution in [0.3, 0.4) is 0 Å². The van der Waals surface area contributed by atoms with Gasteiger partial charge in [0.15, 0.2) is 0 Å². The van der Waals surface area contributed by atoms with E-state index in [1.54, 1.807) is 5.56 Å². The van der Waals surface area contributed by atoms with Crippen LogP contribution in [0.5, 0.6) is 0 Å². The van der Waals surface area contributed by atoms with E-state index < -0.39 is 0 Å². The lowest BCUT2D eigenvalue weighted by molar-refractivity contribution is 0.389. The molecule has 0 aliphatic heterocycles. The Kier molecular flexibility index (Phi) is 5.05. The molecule has 0 fully saturated rings. The number of hydrogen-bond acceptors (Lipinski definition) is 0. The molecule has 0 aliphatic carbocycles. The number of benzene rings is 1. The van der Waals surface area contributed by atoms with Gasteiger partial charge in [-0.15, -0.1) is 0 Å². The number of rotatable bonds is 6. The smallest absolute Gasteiger partial charge is 0.00727 e. The lowest BCUT2D eigenvalue weighted by atomic mass is 9.73. The van der Waals surface area contributed by atoms with Crippen LogP contribution in [0, 0.1) is 0 Å². The van der Waals surface area contributed by atoms with Gasteiger partial charge >= 0.3 is 0 Å². The van der Waals surface area contributed by atoms with Gasteiger partial charge in [-0.3, -0.25) is 0 Å². The molecule has 0 amide bonds. The van der Waals surface area contributed by atoms with Crippen molar-refractivity contribution in [3.8, 4) is 0 Å². The summed E-state index contributed by atoms with van der Waals surface area (Å²) in [5.41, 5.74) is 3.50. The maximum Gasteiger partial charge on any atom is -0.00727 e. The minimum absolute atomic E-state index is 0.385. The molecule has 0 nitrogen and oxygen atoms in total. The molecular weight excluding hydrogens is 192 g/mol. The summed E-state index contributed by atoms with van der Waals surface area (Å²) in [4.78, 5) is 0. The molecule has 0 bridgehead atoms. The minimum Gasteiger partial charge on any atom is -0.0654 e. The van der Waals surface area contributed by atoms with Crippen molar-refractivity contribution in [1.29, 1.82) is 0 Å². The van der Waals surface area contributed by atoms with Gasteiger partial charge in [0.05, 0.1) is 0 Å². The molecule has 0 heterocycles. The lowest BCUT2D eigenvalue weighted by Gasteiger charge is -2.31. The average molecular weight is 218 g/mol. The lowest BCUT2D eigenvalue weighted by Crippen LogP contribution is -2.23. The highest BCUT2D eigenvalue weighted by Crippen LogP contribution is 2.35.